The van der Waals surface area contributed by atoms with Gasteiger partial charge in [-0.15, -0.1) is 0 Å². The summed E-state index contributed by atoms with van der Waals surface area (Å²) in [5.41, 5.74) is 0.170. The van der Waals surface area contributed by atoms with E-state index in [1.165, 1.54) is 19.3 Å². The van der Waals surface area contributed by atoms with E-state index < -0.39 is 35.1 Å². The van der Waals surface area contributed by atoms with Crippen LogP contribution in [0.25, 0.3) is 17.0 Å². The minimum atomic E-state index is -1.39. The van der Waals surface area contributed by atoms with Crippen LogP contribution in [0.1, 0.15) is 48.2 Å². The quantitative estimate of drug-likeness (QED) is 0.298. The maximum Gasteiger partial charge on any atom is 0.330 e. The van der Waals surface area contributed by atoms with Crippen LogP contribution in [0.3, 0.4) is 0 Å². The number of hydrogen-bond donors (Lipinski definition) is 1. The van der Waals surface area contributed by atoms with Crippen LogP contribution in [0.5, 0.6) is 0 Å². The Labute approximate surface area is 194 Å². The number of esters is 1. The molecule has 0 radical (unpaired) electrons. The molecule has 2 aliphatic rings. The average molecular weight is 472 g/mol. The van der Waals surface area contributed by atoms with Crippen molar-refractivity contribution in [2.45, 2.75) is 43.9 Å². The van der Waals surface area contributed by atoms with Crippen LogP contribution in [-0.2, 0) is 16.0 Å². The summed E-state index contributed by atoms with van der Waals surface area (Å²) in [4.78, 5) is 16.3. The zero-order valence-corrected chi connectivity index (χ0v) is 18.8. The van der Waals surface area contributed by atoms with E-state index >= 15 is 8.78 Å². The van der Waals surface area contributed by atoms with Crippen molar-refractivity contribution >= 4 is 22.9 Å². The smallest absolute Gasteiger partial charge is 0.330 e. The first kappa shape index (κ1) is 22.7. The molecule has 1 aromatic heterocycles. The number of benzene rings is 2. The summed E-state index contributed by atoms with van der Waals surface area (Å²) < 4.78 is 65.1. The molecule has 1 N–H and O–H groups in total. The van der Waals surface area contributed by atoms with Crippen molar-refractivity contribution in [3.8, 4) is 0 Å². The Morgan fingerprint density at radius 3 is 2.56 bits per heavy atom. The van der Waals surface area contributed by atoms with Crippen molar-refractivity contribution in [3.05, 3.63) is 76.2 Å². The zero-order valence-electron chi connectivity index (χ0n) is 18.8. The van der Waals surface area contributed by atoms with Crippen LogP contribution in [-0.4, -0.2) is 41.2 Å². The number of nitrogens with one attached hydrogen (secondary N) is 1. The monoisotopic (exact) mass is 472 g/mol. The molecule has 0 saturated heterocycles. The van der Waals surface area contributed by atoms with Crippen molar-refractivity contribution in [1.29, 1.82) is 0 Å². The Morgan fingerprint density at radius 1 is 1.21 bits per heavy atom. The van der Waals surface area contributed by atoms with Gasteiger partial charge < -0.3 is 9.72 Å². The topological polar surface area (TPSA) is 45.3 Å². The summed E-state index contributed by atoms with van der Waals surface area (Å²) in [6.45, 7) is 1.89. The van der Waals surface area contributed by atoms with E-state index in [4.69, 9.17) is 0 Å². The predicted octanol–water partition coefficient (Wildman–Crippen LogP) is 5.61. The fraction of sp³-hybridized carbons (Fsp3) is 0.346. The van der Waals surface area contributed by atoms with Crippen LogP contribution in [0.4, 0.5) is 17.6 Å². The number of alkyl halides is 1. The molecule has 2 aromatic carbocycles. The largest absolute Gasteiger partial charge is 0.466 e. The van der Waals surface area contributed by atoms with Gasteiger partial charge in [-0.2, -0.15) is 0 Å². The Morgan fingerprint density at radius 2 is 1.91 bits per heavy atom. The van der Waals surface area contributed by atoms with E-state index in [0.29, 0.717) is 41.4 Å². The first-order valence-corrected chi connectivity index (χ1v) is 11.2. The van der Waals surface area contributed by atoms with Gasteiger partial charge in [0.25, 0.3) is 0 Å². The third kappa shape index (κ3) is 3.90. The molecule has 3 aromatic rings. The molecule has 0 spiro atoms. The van der Waals surface area contributed by atoms with Crippen LogP contribution < -0.4 is 0 Å². The summed E-state index contributed by atoms with van der Waals surface area (Å²) in [7, 11) is 1.20. The molecule has 0 unspecified atom stereocenters. The van der Waals surface area contributed by atoms with Crippen molar-refractivity contribution in [2.24, 2.45) is 0 Å². The number of carbonyl (C=O) groups is 1. The fourth-order valence-electron chi connectivity index (χ4n) is 4.94. The van der Waals surface area contributed by atoms with E-state index in [9.17, 15) is 13.6 Å². The Hall–Kier alpha value is -3.13. The molecule has 1 saturated carbocycles. The molecule has 178 valence electrons. The lowest BCUT2D eigenvalue weighted by Gasteiger charge is -2.41. The van der Waals surface area contributed by atoms with Crippen molar-refractivity contribution < 1.29 is 27.1 Å². The van der Waals surface area contributed by atoms with E-state index in [-0.39, 0.29) is 23.7 Å². The number of nitrogens with zero attached hydrogens (tertiary/aromatic N) is 1. The second-order valence-corrected chi connectivity index (χ2v) is 9.21. The van der Waals surface area contributed by atoms with Crippen LogP contribution in [0.2, 0.25) is 0 Å². The van der Waals surface area contributed by atoms with E-state index in [0.717, 1.165) is 18.2 Å². The number of H-pyrrole nitrogens is 1. The summed E-state index contributed by atoms with van der Waals surface area (Å²) in [5.74, 6) is -2.73. The van der Waals surface area contributed by atoms with Gasteiger partial charge in [-0.05, 0) is 67.7 Å². The number of ether oxygens (including phenoxy) is 1. The molecule has 5 rings (SSSR count). The number of rotatable bonds is 5. The number of carbonyl (C=O) groups excluding carboxylic acids is 1. The molecular formula is C26H24F4N2O2. The molecule has 1 aliphatic heterocycles. The standard InChI is InChI=1S/C26H24F4N2O2/c1-14-10-16-22-17(27)4-3-5-20(22)31-24(16)25(32(14)13-26(30)8-9-26)23-18(28)11-15(12-19(23)29)6-7-21(33)34-2/h3-7,11-12,14,25,31H,8-10,13H2,1-2H3/t14-,25-/m1/s1. The second-order valence-electron chi connectivity index (χ2n) is 9.21. The maximum absolute atomic E-state index is 15.5. The zero-order chi connectivity index (χ0) is 24.2. The van der Waals surface area contributed by atoms with E-state index in [1.54, 1.807) is 17.0 Å². The van der Waals surface area contributed by atoms with Crippen molar-refractivity contribution in [3.63, 3.8) is 0 Å². The van der Waals surface area contributed by atoms with Gasteiger partial charge in [-0.3, -0.25) is 4.90 Å². The molecule has 0 bridgehead atoms. The van der Waals surface area contributed by atoms with Gasteiger partial charge >= 0.3 is 5.97 Å². The third-order valence-corrected chi connectivity index (χ3v) is 6.83. The molecule has 8 heteroatoms. The van der Waals surface area contributed by atoms with Gasteiger partial charge in [-0.1, -0.05) is 6.07 Å². The molecule has 1 fully saturated rings. The Bertz CT molecular complexity index is 1290. The molecule has 2 heterocycles. The van der Waals surface area contributed by atoms with Gasteiger partial charge in [0.1, 0.15) is 23.1 Å². The first-order valence-electron chi connectivity index (χ1n) is 11.2. The number of methoxy groups -OCH3 is 1. The molecule has 2 atom stereocenters. The summed E-state index contributed by atoms with van der Waals surface area (Å²) >= 11 is 0. The third-order valence-electron chi connectivity index (χ3n) is 6.83. The Kier molecular flexibility index (Phi) is 5.51. The highest BCUT2D eigenvalue weighted by Crippen LogP contribution is 2.47. The van der Waals surface area contributed by atoms with Gasteiger partial charge in [0.05, 0.1) is 13.2 Å². The number of aromatic amines is 1. The van der Waals surface area contributed by atoms with Crippen LogP contribution in [0.15, 0.2) is 36.4 Å². The highest BCUT2D eigenvalue weighted by atomic mass is 19.1. The maximum atomic E-state index is 15.5. The molecule has 1 aliphatic carbocycles. The summed E-state index contributed by atoms with van der Waals surface area (Å²) in [5, 5.41) is 0.397. The number of aromatic nitrogens is 1. The van der Waals surface area contributed by atoms with Gasteiger partial charge in [0.2, 0.25) is 0 Å². The number of hydrogen-bond acceptors (Lipinski definition) is 3. The lowest BCUT2D eigenvalue weighted by Crippen LogP contribution is -2.46. The minimum absolute atomic E-state index is 0.0268. The van der Waals surface area contributed by atoms with Crippen LogP contribution in [0, 0.1) is 17.5 Å². The average Bonchev–Trinajstić information content (AvgIpc) is 3.40. The van der Waals surface area contributed by atoms with Gasteiger partial charge in [0, 0.05) is 40.8 Å². The minimum Gasteiger partial charge on any atom is -0.466 e. The van der Waals surface area contributed by atoms with Crippen molar-refractivity contribution in [1.82, 2.24) is 9.88 Å². The van der Waals surface area contributed by atoms with Gasteiger partial charge in [0.15, 0.2) is 0 Å². The van der Waals surface area contributed by atoms with Gasteiger partial charge in [-0.25, -0.2) is 22.4 Å². The summed E-state index contributed by atoms with van der Waals surface area (Å²) in [6, 6.07) is 5.65. The number of fused-ring (bicyclic) bond motifs is 3. The lowest BCUT2D eigenvalue weighted by atomic mass is 9.87. The number of halogens is 4. The first-order chi connectivity index (χ1) is 16.2. The van der Waals surface area contributed by atoms with E-state index in [2.05, 4.69) is 9.72 Å². The predicted molar refractivity (Wildman–Crippen MR) is 120 cm³/mol. The highest BCUT2D eigenvalue weighted by molar-refractivity contribution is 5.87. The van der Waals surface area contributed by atoms with Crippen LogP contribution >= 0.6 is 0 Å². The highest BCUT2D eigenvalue weighted by Gasteiger charge is 2.49. The fourth-order valence-corrected chi connectivity index (χ4v) is 4.94. The molecule has 34 heavy (non-hydrogen) atoms. The second kappa shape index (κ2) is 8.27. The molecule has 0 amide bonds. The molecule has 4 nitrogen and oxygen atoms in total. The SMILES string of the molecule is COC(=O)C=Cc1cc(F)c([C@@H]2c3[nH]c4cccc(F)c4c3C[C@@H](C)N2CC2(F)CC2)c(F)c1. The van der Waals surface area contributed by atoms with Crippen molar-refractivity contribution in [2.75, 3.05) is 13.7 Å². The normalized spacial score (nSPS) is 21.7. The van der Waals surface area contributed by atoms with E-state index in [1.807, 2.05) is 6.92 Å². The summed E-state index contributed by atoms with van der Waals surface area (Å²) in [6.07, 6.45) is 3.56. The Balaban J connectivity index is 1.67. The molecular weight excluding hydrogens is 448 g/mol. The lowest BCUT2D eigenvalue weighted by molar-refractivity contribution is -0.134.